The molecule has 0 spiro atoms. The van der Waals surface area contributed by atoms with E-state index < -0.39 is 5.97 Å². The minimum absolute atomic E-state index is 0. The van der Waals surface area contributed by atoms with Crippen molar-refractivity contribution in [3.05, 3.63) is 35.8 Å². The third-order valence-corrected chi connectivity index (χ3v) is 0.847. The normalized spacial score (nSPS) is 12.2. The maximum absolute atomic E-state index is 10.4. The first-order valence-electron chi connectivity index (χ1n) is 3.83. The smallest absolute Gasteiger partial charge is 0.335 e. The van der Waals surface area contributed by atoms with Crippen LogP contribution in [0.25, 0.3) is 0 Å². The first kappa shape index (κ1) is 5.35. The van der Waals surface area contributed by atoms with Gasteiger partial charge in [0.1, 0.15) is 0 Å². The molecule has 0 amide bonds. The van der Waals surface area contributed by atoms with Gasteiger partial charge in [0.15, 0.2) is 0 Å². The summed E-state index contributed by atoms with van der Waals surface area (Å²) in [7, 11) is 0. The van der Waals surface area contributed by atoms with Gasteiger partial charge in [0.25, 0.3) is 0 Å². The van der Waals surface area contributed by atoms with Gasteiger partial charge in [-0.1, -0.05) is 18.1 Å². The van der Waals surface area contributed by atoms with Crippen LogP contribution in [0.5, 0.6) is 0 Å². The van der Waals surface area contributed by atoms with E-state index in [9.17, 15) is 4.79 Å². The SMILES string of the molecule is [2H]c1cc(C(=O)O)cc([2H])c1[2H].[Na]. The van der Waals surface area contributed by atoms with Crippen LogP contribution in [0.15, 0.2) is 30.3 Å². The van der Waals surface area contributed by atoms with Gasteiger partial charge in [-0.25, -0.2) is 4.79 Å². The summed E-state index contributed by atoms with van der Waals surface area (Å²) in [6.07, 6.45) is 0. The number of carboxylic acid groups (broad SMARTS) is 1. The van der Waals surface area contributed by atoms with Gasteiger partial charge >= 0.3 is 5.97 Å². The van der Waals surface area contributed by atoms with Crippen molar-refractivity contribution in [3.63, 3.8) is 0 Å². The molecule has 0 fully saturated rings. The van der Waals surface area contributed by atoms with E-state index in [1.54, 1.807) is 0 Å². The first-order chi connectivity index (χ1) is 5.52. The van der Waals surface area contributed by atoms with Crippen molar-refractivity contribution in [2.45, 2.75) is 0 Å². The maximum Gasteiger partial charge on any atom is 0.335 e. The molecule has 1 aromatic rings. The molecule has 0 saturated carbocycles. The molecule has 0 aliphatic rings. The Kier molecular flexibility index (Phi) is 2.41. The third kappa shape index (κ3) is 2.52. The van der Waals surface area contributed by atoms with Crippen molar-refractivity contribution in [3.8, 4) is 0 Å². The average Bonchev–Trinajstić information content (AvgIpc) is 1.99. The molecule has 0 aromatic heterocycles. The van der Waals surface area contributed by atoms with Crippen molar-refractivity contribution >= 4 is 35.5 Å². The summed E-state index contributed by atoms with van der Waals surface area (Å²) in [5, 5.41) is 8.50. The Labute approximate surface area is 85.4 Å². The number of hydrogen-bond acceptors (Lipinski definition) is 1. The van der Waals surface area contributed by atoms with Crippen molar-refractivity contribution in [2.75, 3.05) is 0 Å². The van der Waals surface area contributed by atoms with Crippen LogP contribution in [0.4, 0.5) is 0 Å². The molecule has 1 radical (unpaired) electrons. The van der Waals surface area contributed by atoms with Crippen molar-refractivity contribution in [1.29, 1.82) is 0 Å². The molecule has 47 valence electrons. The predicted octanol–water partition coefficient (Wildman–Crippen LogP) is 1.00. The Bertz CT molecular complexity index is 318. The fraction of sp³-hybridized carbons (Fsp3) is 0. The summed E-state index contributed by atoms with van der Waals surface area (Å²) in [5.41, 5.74) is -0.124. The topological polar surface area (TPSA) is 37.3 Å². The minimum Gasteiger partial charge on any atom is -0.478 e. The summed E-state index contributed by atoms with van der Waals surface area (Å²) in [4.78, 5) is 10.4. The maximum atomic E-state index is 10.4. The van der Waals surface area contributed by atoms with Gasteiger partial charge in [-0.2, -0.15) is 0 Å². The van der Waals surface area contributed by atoms with Crippen LogP contribution in [-0.2, 0) is 0 Å². The minimum atomic E-state index is -1.18. The Balaban J connectivity index is 0.00000144. The van der Waals surface area contributed by atoms with Gasteiger partial charge in [0.05, 0.1) is 9.68 Å². The average molecular weight is 148 g/mol. The van der Waals surface area contributed by atoms with Gasteiger partial charge in [-0.05, 0) is 12.1 Å². The fourth-order valence-corrected chi connectivity index (χ4v) is 0.434. The van der Waals surface area contributed by atoms with Gasteiger partial charge in [-0.3, -0.25) is 0 Å². The molecule has 1 N–H and O–H groups in total. The molecule has 0 saturated heterocycles. The number of rotatable bonds is 1. The molecule has 0 aliphatic carbocycles. The van der Waals surface area contributed by atoms with Gasteiger partial charge in [0.2, 0.25) is 0 Å². The Hall–Kier alpha value is -0.310. The molecule has 1 aromatic carbocycles. The van der Waals surface area contributed by atoms with Crippen molar-refractivity contribution < 1.29 is 14.0 Å². The van der Waals surface area contributed by atoms with E-state index in [-0.39, 0.29) is 53.2 Å². The van der Waals surface area contributed by atoms with E-state index >= 15 is 0 Å². The van der Waals surface area contributed by atoms with E-state index in [0.29, 0.717) is 0 Å². The third-order valence-electron chi connectivity index (χ3n) is 0.847. The Morgan fingerprint density at radius 3 is 2.30 bits per heavy atom. The summed E-state index contributed by atoms with van der Waals surface area (Å²) in [6, 6.07) is 1.39. The van der Waals surface area contributed by atoms with E-state index in [0.717, 1.165) is 12.1 Å². The summed E-state index contributed by atoms with van der Waals surface area (Å²) < 4.78 is 21.4. The molecule has 0 heterocycles. The van der Waals surface area contributed by atoms with Crippen LogP contribution in [0.1, 0.15) is 14.5 Å². The molecule has 3 heteroatoms. The second-order valence-corrected chi connectivity index (χ2v) is 1.46. The Morgan fingerprint density at radius 2 is 1.90 bits per heavy atom. The number of carboxylic acids is 1. The second kappa shape index (κ2) is 4.50. The molecular weight excluding hydrogens is 139 g/mol. The number of benzene rings is 1. The Morgan fingerprint density at radius 1 is 1.40 bits per heavy atom. The van der Waals surface area contributed by atoms with Crippen LogP contribution in [-0.4, -0.2) is 40.6 Å². The second-order valence-electron chi connectivity index (χ2n) is 1.46. The van der Waals surface area contributed by atoms with Crippen molar-refractivity contribution in [2.24, 2.45) is 0 Å². The molecule has 0 bridgehead atoms. The van der Waals surface area contributed by atoms with E-state index in [2.05, 4.69) is 0 Å². The van der Waals surface area contributed by atoms with Gasteiger partial charge < -0.3 is 5.11 Å². The van der Waals surface area contributed by atoms with E-state index in [1.165, 1.54) is 0 Å². The first-order valence-corrected chi connectivity index (χ1v) is 2.33. The summed E-state index contributed by atoms with van der Waals surface area (Å²) in [6.45, 7) is 0. The van der Waals surface area contributed by atoms with Gasteiger partial charge in [0, 0.05) is 29.6 Å². The van der Waals surface area contributed by atoms with E-state index in [1.807, 2.05) is 0 Å². The number of hydrogen-bond donors (Lipinski definition) is 1. The van der Waals surface area contributed by atoms with Crippen LogP contribution in [0.2, 0.25) is 0 Å². The monoisotopic (exact) mass is 148 g/mol. The van der Waals surface area contributed by atoms with Crippen molar-refractivity contribution in [1.82, 2.24) is 0 Å². The standard InChI is InChI=1S/C7H6O2.Na/c8-7(9)6-4-2-1-3-5-6;/h1-5H,(H,8,9);/i1D,2D,3D;. The van der Waals surface area contributed by atoms with Crippen LogP contribution in [0, 0.1) is 0 Å². The fourth-order valence-electron chi connectivity index (χ4n) is 0.434. The summed E-state index contributed by atoms with van der Waals surface area (Å²) >= 11 is 0. The molecule has 0 atom stereocenters. The quantitative estimate of drug-likeness (QED) is 0.603. The molecule has 0 unspecified atom stereocenters. The zero-order chi connectivity index (χ0) is 9.30. The largest absolute Gasteiger partial charge is 0.478 e. The summed E-state index contributed by atoms with van der Waals surface area (Å²) in [5.74, 6) is -1.18. The number of carbonyl (C=O) groups is 1. The van der Waals surface area contributed by atoms with Crippen LogP contribution in [0.3, 0.4) is 0 Å². The molecule has 1 rings (SSSR count). The molecular formula is C7H6NaO2. The molecule has 0 aliphatic heterocycles. The van der Waals surface area contributed by atoms with Gasteiger partial charge in [-0.15, -0.1) is 0 Å². The zero-order valence-corrected chi connectivity index (χ0v) is 7.51. The van der Waals surface area contributed by atoms with Crippen LogP contribution < -0.4 is 0 Å². The van der Waals surface area contributed by atoms with Crippen LogP contribution >= 0.6 is 0 Å². The molecule has 10 heavy (non-hydrogen) atoms. The van der Waals surface area contributed by atoms with E-state index in [4.69, 9.17) is 9.22 Å². The zero-order valence-electron chi connectivity index (χ0n) is 8.51. The molecule has 2 nitrogen and oxygen atoms in total. The predicted molar refractivity (Wildman–Crippen MR) is 39.2 cm³/mol. The number of aromatic carboxylic acids is 1.